The van der Waals surface area contributed by atoms with Crippen molar-refractivity contribution in [3.63, 3.8) is 0 Å². The van der Waals surface area contributed by atoms with Crippen LogP contribution in [0.5, 0.6) is 0 Å². The lowest BCUT2D eigenvalue weighted by molar-refractivity contribution is -0.159. The van der Waals surface area contributed by atoms with Crippen LogP contribution in [0.25, 0.3) is 11.4 Å². The smallest absolute Gasteiger partial charge is 0.329 e. The van der Waals surface area contributed by atoms with Crippen molar-refractivity contribution in [2.24, 2.45) is 5.92 Å². The lowest BCUT2D eigenvalue weighted by Gasteiger charge is -2.19. The van der Waals surface area contributed by atoms with Crippen LogP contribution in [0, 0.1) is 5.92 Å². The third-order valence-corrected chi connectivity index (χ3v) is 6.26. The van der Waals surface area contributed by atoms with Crippen molar-refractivity contribution in [1.29, 1.82) is 0 Å². The van der Waals surface area contributed by atoms with Gasteiger partial charge in [0.25, 0.3) is 7.52 Å². The highest BCUT2D eigenvalue weighted by atomic mass is 31.2. The molecule has 1 N–H and O–H groups in total. The van der Waals surface area contributed by atoms with Crippen molar-refractivity contribution in [2.45, 2.75) is 38.6 Å². The van der Waals surface area contributed by atoms with E-state index in [0.29, 0.717) is 18.1 Å². The number of aromatic nitrogens is 2. The monoisotopic (exact) mass is 389 g/mol. The highest BCUT2D eigenvalue weighted by Crippen LogP contribution is 2.50. The van der Waals surface area contributed by atoms with Gasteiger partial charge in [0.1, 0.15) is 0 Å². The maximum atomic E-state index is 12.9. The minimum absolute atomic E-state index is 0.151. The molecule has 26 heavy (non-hydrogen) atoms. The number of nitrogens with zero attached hydrogens (tertiary/aromatic N) is 2. The van der Waals surface area contributed by atoms with Gasteiger partial charge < -0.3 is 9.05 Å². The van der Waals surface area contributed by atoms with E-state index >= 15 is 0 Å². The molecule has 10 heteroatoms. The van der Waals surface area contributed by atoms with Gasteiger partial charge in [-0.15, -0.1) is 0 Å². The van der Waals surface area contributed by atoms with Gasteiger partial charge in [0.15, 0.2) is 0 Å². The zero-order chi connectivity index (χ0) is 18.9. The summed E-state index contributed by atoms with van der Waals surface area (Å²) in [5.41, 5.74) is 1.12. The van der Waals surface area contributed by atoms with E-state index in [1.807, 2.05) is 0 Å². The standard InChI is InChI=1S/C16H19F3N3O3P/c1-3-24-26(23,22-13-8-10(13)2)9-11-4-6-12(7-5-11)14-20-15(25-21-14)16(17,18)19/h4-7,10,13H,3,8-9H2,1-2H3,(H,22,23). The number of hydrogen-bond donors (Lipinski definition) is 1. The number of halogens is 3. The number of nitrogens with one attached hydrogen (secondary N) is 1. The lowest BCUT2D eigenvalue weighted by atomic mass is 10.1. The van der Waals surface area contributed by atoms with Crippen molar-refractivity contribution in [1.82, 2.24) is 15.2 Å². The highest BCUT2D eigenvalue weighted by Gasteiger charge is 2.39. The van der Waals surface area contributed by atoms with Crippen LogP contribution >= 0.6 is 7.52 Å². The van der Waals surface area contributed by atoms with Gasteiger partial charge in [-0.1, -0.05) is 36.3 Å². The molecule has 3 atom stereocenters. The Morgan fingerprint density at radius 2 is 2.00 bits per heavy atom. The number of alkyl halides is 3. The quantitative estimate of drug-likeness (QED) is 0.704. The first kappa shape index (κ1) is 19.1. The number of rotatable bonds is 7. The van der Waals surface area contributed by atoms with Crippen LogP contribution in [0.1, 0.15) is 31.7 Å². The van der Waals surface area contributed by atoms with E-state index in [-0.39, 0.29) is 18.0 Å². The van der Waals surface area contributed by atoms with Gasteiger partial charge in [0.2, 0.25) is 5.82 Å². The van der Waals surface area contributed by atoms with Crippen molar-refractivity contribution >= 4 is 7.52 Å². The molecule has 1 saturated carbocycles. The fourth-order valence-corrected chi connectivity index (χ4v) is 4.78. The van der Waals surface area contributed by atoms with Crippen LogP contribution in [-0.2, 0) is 21.4 Å². The van der Waals surface area contributed by atoms with Gasteiger partial charge in [-0.2, -0.15) is 18.2 Å². The van der Waals surface area contributed by atoms with E-state index in [9.17, 15) is 17.7 Å². The summed E-state index contributed by atoms with van der Waals surface area (Å²) in [4.78, 5) is 3.35. The Morgan fingerprint density at radius 3 is 2.50 bits per heavy atom. The van der Waals surface area contributed by atoms with E-state index in [2.05, 4.69) is 26.7 Å². The van der Waals surface area contributed by atoms with Crippen molar-refractivity contribution in [3.05, 3.63) is 35.7 Å². The maximum absolute atomic E-state index is 12.9. The predicted octanol–water partition coefficient (Wildman–Crippen LogP) is 4.48. The molecule has 0 bridgehead atoms. The molecule has 0 amide bonds. The normalized spacial score (nSPS) is 22.2. The summed E-state index contributed by atoms with van der Waals surface area (Å²) in [7, 11) is -3.03. The van der Waals surface area contributed by atoms with Gasteiger partial charge in [0.05, 0.1) is 12.8 Å². The summed E-state index contributed by atoms with van der Waals surface area (Å²) in [5, 5.41) is 6.45. The zero-order valence-corrected chi connectivity index (χ0v) is 15.2. The molecule has 3 unspecified atom stereocenters. The molecule has 1 heterocycles. The van der Waals surface area contributed by atoms with E-state index in [0.717, 1.165) is 12.0 Å². The summed E-state index contributed by atoms with van der Waals surface area (Å²) in [5.74, 6) is -1.06. The molecule has 2 aromatic rings. The first-order chi connectivity index (χ1) is 12.2. The van der Waals surface area contributed by atoms with Crippen LogP contribution < -0.4 is 5.09 Å². The van der Waals surface area contributed by atoms with E-state index in [1.54, 1.807) is 31.2 Å². The molecule has 1 aromatic heterocycles. The van der Waals surface area contributed by atoms with Crippen LogP contribution in [0.2, 0.25) is 0 Å². The van der Waals surface area contributed by atoms with Crippen LogP contribution in [0.3, 0.4) is 0 Å². The zero-order valence-electron chi connectivity index (χ0n) is 14.3. The topological polar surface area (TPSA) is 77.2 Å². The number of hydrogen-bond acceptors (Lipinski definition) is 5. The fraction of sp³-hybridized carbons (Fsp3) is 0.500. The second-order valence-corrected chi connectivity index (χ2v) is 8.50. The summed E-state index contributed by atoms with van der Waals surface area (Å²) in [6, 6.07) is 6.67. The molecule has 0 radical (unpaired) electrons. The summed E-state index contributed by atoms with van der Waals surface area (Å²) >= 11 is 0. The third kappa shape index (κ3) is 4.52. The minimum Gasteiger partial charge on any atom is -0.329 e. The van der Waals surface area contributed by atoms with Gasteiger partial charge in [-0.3, -0.25) is 4.57 Å². The Labute approximate surface area is 148 Å². The van der Waals surface area contributed by atoms with Gasteiger partial charge in [0, 0.05) is 11.6 Å². The molecule has 142 valence electrons. The first-order valence-electron chi connectivity index (χ1n) is 8.22. The molecule has 3 rings (SSSR count). The van der Waals surface area contributed by atoms with Gasteiger partial charge in [-0.25, -0.2) is 5.09 Å². The summed E-state index contributed by atoms with van der Waals surface area (Å²) in [6.45, 7) is 4.18. The molecule has 1 fully saturated rings. The van der Waals surface area contributed by atoms with Crippen LogP contribution in [-0.4, -0.2) is 22.8 Å². The predicted molar refractivity (Wildman–Crippen MR) is 88.4 cm³/mol. The molecule has 0 aliphatic heterocycles. The molecular formula is C16H19F3N3O3P. The van der Waals surface area contributed by atoms with Crippen molar-refractivity contribution in [2.75, 3.05) is 6.61 Å². The first-order valence-corrected chi connectivity index (χ1v) is 10.0. The largest absolute Gasteiger partial charge is 0.471 e. The minimum atomic E-state index is -4.68. The molecule has 1 aromatic carbocycles. The fourth-order valence-electron chi connectivity index (χ4n) is 2.55. The van der Waals surface area contributed by atoms with E-state index < -0.39 is 19.6 Å². The average Bonchev–Trinajstić information content (AvgIpc) is 3.03. The average molecular weight is 389 g/mol. The molecule has 1 aliphatic carbocycles. The van der Waals surface area contributed by atoms with Gasteiger partial charge in [-0.05, 0) is 24.8 Å². The van der Waals surface area contributed by atoms with Crippen molar-refractivity contribution in [3.8, 4) is 11.4 Å². The highest BCUT2D eigenvalue weighted by molar-refractivity contribution is 7.56. The summed E-state index contributed by atoms with van der Waals surface area (Å²) < 4.78 is 60.2. The van der Waals surface area contributed by atoms with E-state index in [4.69, 9.17) is 4.52 Å². The second kappa shape index (κ2) is 7.13. The molecule has 6 nitrogen and oxygen atoms in total. The Balaban J connectivity index is 1.72. The van der Waals surface area contributed by atoms with Crippen molar-refractivity contribution < 1.29 is 26.8 Å². The van der Waals surface area contributed by atoms with Crippen LogP contribution in [0.4, 0.5) is 13.2 Å². The molecular weight excluding hydrogens is 370 g/mol. The lowest BCUT2D eigenvalue weighted by Crippen LogP contribution is -2.17. The Kier molecular flexibility index (Phi) is 5.23. The Morgan fingerprint density at radius 1 is 1.35 bits per heavy atom. The second-order valence-electron chi connectivity index (χ2n) is 6.32. The van der Waals surface area contributed by atoms with E-state index in [1.165, 1.54) is 0 Å². The SMILES string of the molecule is CCOP(=O)(Cc1ccc(-c2noc(C(F)(F)F)n2)cc1)NC1CC1C. The molecule has 1 aliphatic rings. The molecule has 0 saturated heterocycles. The Hall–Kier alpha value is -1.70. The Bertz CT molecular complexity index is 807. The molecule has 0 spiro atoms. The third-order valence-electron chi connectivity index (χ3n) is 4.08. The number of benzene rings is 1. The summed E-state index contributed by atoms with van der Waals surface area (Å²) in [6.07, 6.45) is -3.51. The van der Waals surface area contributed by atoms with Crippen LogP contribution in [0.15, 0.2) is 28.8 Å². The maximum Gasteiger partial charge on any atom is 0.471 e. The van der Waals surface area contributed by atoms with Gasteiger partial charge >= 0.3 is 12.1 Å².